The van der Waals surface area contributed by atoms with Crippen LogP contribution >= 0.6 is 15.9 Å². The molecule has 1 amide bonds. The standard InChI is InChI=1S/C10H17BrN4O2/c1-6(2)15-8(16)7(17-4)10(3,5-11)9(15)13-14-12/h6-7,9H,5H2,1-4H3/t7-,9-,10+/m1/s1. The van der Waals surface area contributed by atoms with Crippen molar-refractivity contribution in [2.24, 2.45) is 10.5 Å². The van der Waals surface area contributed by atoms with E-state index in [2.05, 4.69) is 26.0 Å². The van der Waals surface area contributed by atoms with Crippen molar-refractivity contribution >= 4 is 21.8 Å². The Balaban J connectivity index is 3.27. The van der Waals surface area contributed by atoms with Gasteiger partial charge in [0.05, 0.1) is 0 Å². The minimum absolute atomic E-state index is 0.0310. The van der Waals surface area contributed by atoms with Gasteiger partial charge in [-0.1, -0.05) is 28.0 Å². The Morgan fingerprint density at radius 1 is 1.71 bits per heavy atom. The molecule has 0 unspecified atom stereocenters. The zero-order valence-electron chi connectivity index (χ0n) is 10.4. The third kappa shape index (κ3) is 2.14. The summed E-state index contributed by atoms with van der Waals surface area (Å²) in [6.45, 7) is 5.67. The van der Waals surface area contributed by atoms with Crippen LogP contribution in [0.3, 0.4) is 0 Å². The first-order valence-corrected chi connectivity index (χ1v) is 6.51. The van der Waals surface area contributed by atoms with Crippen LogP contribution in [0.5, 0.6) is 0 Å². The van der Waals surface area contributed by atoms with Crippen molar-refractivity contribution in [1.82, 2.24) is 4.90 Å². The van der Waals surface area contributed by atoms with Crippen molar-refractivity contribution in [1.29, 1.82) is 0 Å². The molecule has 0 aromatic rings. The second-order valence-corrected chi connectivity index (χ2v) is 5.23. The molecule has 0 bridgehead atoms. The number of carbonyl (C=O) groups is 1. The molecule has 0 saturated carbocycles. The van der Waals surface area contributed by atoms with E-state index in [0.29, 0.717) is 5.33 Å². The van der Waals surface area contributed by atoms with E-state index in [1.54, 1.807) is 4.90 Å². The van der Waals surface area contributed by atoms with Gasteiger partial charge in [0.25, 0.3) is 5.91 Å². The van der Waals surface area contributed by atoms with Crippen LogP contribution in [0.2, 0.25) is 0 Å². The number of ether oxygens (including phenoxy) is 1. The van der Waals surface area contributed by atoms with Crippen molar-refractivity contribution in [3.63, 3.8) is 0 Å². The molecule has 0 aromatic carbocycles. The van der Waals surface area contributed by atoms with Crippen molar-refractivity contribution in [2.45, 2.75) is 39.1 Å². The highest BCUT2D eigenvalue weighted by atomic mass is 79.9. The van der Waals surface area contributed by atoms with Gasteiger partial charge in [0.2, 0.25) is 0 Å². The minimum Gasteiger partial charge on any atom is -0.371 e. The van der Waals surface area contributed by atoms with Gasteiger partial charge >= 0.3 is 0 Å². The number of alkyl halides is 1. The molecule has 1 rings (SSSR count). The predicted octanol–water partition coefficient (Wildman–Crippen LogP) is 2.29. The molecule has 17 heavy (non-hydrogen) atoms. The first kappa shape index (κ1) is 14.3. The normalized spacial score (nSPS) is 33.1. The largest absolute Gasteiger partial charge is 0.371 e. The number of amides is 1. The summed E-state index contributed by atoms with van der Waals surface area (Å²) in [7, 11) is 1.50. The monoisotopic (exact) mass is 304 g/mol. The molecule has 0 N–H and O–H groups in total. The number of rotatable bonds is 4. The molecule has 6 nitrogen and oxygen atoms in total. The van der Waals surface area contributed by atoms with Gasteiger partial charge in [0, 0.05) is 28.8 Å². The van der Waals surface area contributed by atoms with E-state index in [9.17, 15) is 4.79 Å². The maximum atomic E-state index is 12.2. The number of likely N-dealkylation sites (tertiary alicyclic amines) is 1. The zero-order chi connectivity index (χ0) is 13.2. The number of hydrogen-bond acceptors (Lipinski definition) is 3. The van der Waals surface area contributed by atoms with Crippen molar-refractivity contribution < 1.29 is 9.53 Å². The summed E-state index contributed by atoms with van der Waals surface area (Å²) < 4.78 is 5.28. The van der Waals surface area contributed by atoms with E-state index in [1.807, 2.05) is 20.8 Å². The van der Waals surface area contributed by atoms with Gasteiger partial charge in [-0.3, -0.25) is 4.79 Å². The second kappa shape index (κ2) is 5.25. The number of hydrogen-bond donors (Lipinski definition) is 0. The van der Waals surface area contributed by atoms with E-state index < -0.39 is 17.7 Å². The van der Waals surface area contributed by atoms with Crippen LogP contribution in [0.15, 0.2) is 5.11 Å². The minimum atomic E-state index is -0.584. The van der Waals surface area contributed by atoms with E-state index in [4.69, 9.17) is 10.3 Å². The average molecular weight is 305 g/mol. The van der Waals surface area contributed by atoms with E-state index in [-0.39, 0.29) is 11.9 Å². The molecule has 0 aliphatic carbocycles. The summed E-state index contributed by atoms with van der Waals surface area (Å²) in [6.07, 6.45) is -1.11. The van der Waals surface area contributed by atoms with Crippen LogP contribution < -0.4 is 0 Å². The quantitative estimate of drug-likeness (QED) is 0.346. The molecular formula is C10H17BrN4O2. The molecule has 7 heteroatoms. The smallest absolute Gasteiger partial charge is 0.252 e. The second-order valence-electron chi connectivity index (χ2n) is 4.67. The maximum absolute atomic E-state index is 12.2. The summed E-state index contributed by atoms with van der Waals surface area (Å²) in [5.74, 6) is -0.123. The van der Waals surface area contributed by atoms with Gasteiger partial charge in [0.1, 0.15) is 12.3 Å². The van der Waals surface area contributed by atoms with Crippen molar-refractivity contribution in [3.8, 4) is 0 Å². The van der Waals surface area contributed by atoms with E-state index >= 15 is 0 Å². The summed E-state index contributed by atoms with van der Waals surface area (Å²) in [5.41, 5.74) is 8.11. The van der Waals surface area contributed by atoms with Gasteiger partial charge in [-0.2, -0.15) is 0 Å². The van der Waals surface area contributed by atoms with Gasteiger partial charge in [-0.25, -0.2) is 0 Å². The van der Waals surface area contributed by atoms with Crippen LogP contribution in [0.25, 0.3) is 10.4 Å². The number of azide groups is 1. The zero-order valence-corrected chi connectivity index (χ0v) is 12.0. The highest BCUT2D eigenvalue weighted by Gasteiger charge is 2.56. The topological polar surface area (TPSA) is 78.3 Å². The van der Waals surface area contributed by atoms with Gasteiger partial charge in [-0.15, -0.1) is 0 Å². The van der Waals surface area contributed by atoms with Crippen LogP contribution in [0, 0.1) is 5.41 Å². The lowest BCUT2D eigenvalue weighted by Gasteiger charge is -2.33. The lowest BCUT2D eigenvalue weighted by atomic mass is 9.86. The molecule has 0 spiro atoms. The van der Waals surface area contributed by atoms with Crippen LogP contribution in [0.4, 0.5) is 0 Å². The average Bonchev–Trinajstić information content (AvgIpc) is 2.48. The Bertz CT molecular complexity index is 356. The summed E-state index contributed by atoms with van der Waals surface area (Å²) in [6, 6.07) is -0.0310. The Morgan fingerprint density at radius 3 is 2.65 bits per heavy atom. The van der Waals surface area contributed by atoms with Crippen LogP contribution in [-0.2, 0) is 9.53 Å². The summed E-state index contributed by atoms with van der Waals surface area (Å²) >= 11 is 3.39. The molecule has 0 radical (unpaired) electrons. The fourth-order valence-corrected chi connectivity index (χ4v) is 2.86. The molecule has 1 fully saturated rings. The number of methoxy groups -OCH3 is 1. The fraction of sp³-hybridized carbons (Fsp3) is 0.900. The summed E-state index contributed by atoms with van der Waals surface area (Å²) in [4.78, 5) is 16.7. The van der Waals surface area contributed by atoms with Gasteiger partial charge in [0.15, 0.2) is 0 Å². The highest BCUT2D eigenvalue weighted by molar-refractivity contribution is 9.09. The lowest BCUT2D eigenvalue weighted by Crippen LogP contribution is -2.42. The first-order valence-electron chi connectivity index (χ1n) is 5.39. The Labute approximate surface area is 109 Å². The van der Waals surface area contributed by atoms with Crippen molar-refractivity contribution in [2.75, 3.05) is 12.4 Å². The third-order valence-electron chi connectivity index (χ3n) is 3.17. The van der Waals surface area contributed by atoms with E-state index in [1.165, 1.54) is 7.11 Å². The fourth-order valence-electron chi connectivity index (χ4n) is 2.27. The van der Waals surface area contributed by atoms with Gasteiger partial charge in [-0.05, 0) is 19.4 Å². The molecule has 1 aliphatic rings. The Kier molecular flexibility index (Phi) is 4.41. The highest BCUT2D eigenvalue weighted by Crippen LogP contribution is 2.42. The predicted molar refractivity (Wildman–Crippen MR) is 67.6 cm³/mol. The van der Waals surface area contributed by atoms with E-state index in [0.717, 1.165) is 0 Å². The molecule has 0 aromatic heterocycles. The van der Waals surface area contributed by atoms with Crippen LogP contribution in [-0.4, -0.2) is 41.6 Å². The molecule has 1 saturated heterocycles. The number of halogens is 1. The molecule has 3 atom stereocenters. The Morgan fingerprint density at radius 2 is 2.29 bits per heavy atom. The van der Waals surface area contributed by atoms with Crippen LogP contribution in [0.1, 0.15) is 20.8 Å². The Hall–Kier alpha value is -0.780. The SMILES string of the molecule is CO[C@@H]1C(=O)N(C(C)C)[C@@H](N=[N+]=[N-])[C@@]1(C)CBr. The van der Waals surface area contributed by atoms with Crippen molar-refractivity contribution in [3.05, 3.63) is 10.4 Å². The third-order valence-corrected chi connectivity index (χ3v) is 4.38. The molecule has 1 heterocycles. The lowest BCUT2D eigenvalue weighted by molar-refractivity contribution is -0.139. The number of nitrogens with zero attached hydrogens (tertiary/aromatic N) is 4. The number of carbonyl (C=O) groups excluding carboxylic acids is 1. The molecule has 1 aliphatic heterocycles. The maximum Gasteiger partial charge on any atom is 0.252 e. The van der Waals surface area contributed by atoms with Gasteiger partial charge < -0.3 is 9.64 Å². The molecular weight excluding hydrogens is 288 g/mol. The summed E-state index contributed by atoms with van der Waals surface area (Å²) in [5, 5.41) is 4.30. The first-order chi connectivity index (χ1) is 7.93. The molecule has 96 valence electrons.